The van der Waals surface area contributed by atoms with Crippen molar-refractivity contribution in [2.24, 2.45) is 5.92 Å². The van der Waals surface area contributed by atoms with Gasteiger partial charge in [-0.15, -0.1) is 0 Å². The minimum absolute atomic E-state index is 0.0881. The predicted octanol–water partition coefficient (Wildman–Crippen LogP) is 2.72. The van der Waals surface area contributed by atoms with Crippen molar-refractivity contribution in [2.75, 3.05) is 0 Å². The number of hydrogen-bond donors (Lipinski definition) is 1. The van der Waals surface area contributed by atoms with Gasteiger partial charge in [-0.2, -0.15) is 0 Å². The number of nitrogens with zero attached hydrogens (tertiary/aromatic N) is 1. The Kier molecular flexibility index (Phi) is 4.67. The minimum atomic E-state index is -0.604. The summed E-state index contributed by atoms with van der Waals surface area (Å²) in [7, 11) is 0. The number of nitro groups is 1. The van der Waals surface area contributed by atoms with Crippen molar-refractivity contribution in [1.29, 1.82) is 0 Å². The van der Waals surface area contributed by atoms with Crippen molar-refractivity contribution < 1.29 is 14.5 Å². The molecule has 1 fully saturated rings. The number of nitro benzene ring substituents is 1. The normalized spacial score (nSPS) is 21.6. The van der Waals surface area contributed by atoms with Crippen molar-refractivity contribution >= 4 is 17.9 Å². The van der Waals surface area contributed by atoms with Crippen LogP contribution in [0, 0.1) is 16.0 Å². The van der Waals surface area contributed by atoms with Gasteiger partial charge in [-0.05, 0) is 24.8 Å². The van der Waals surface area contributed by atoms with Crippen LogP contribution in [0.2, 0.25) is 0 Å². The van der Waals surface area contributed by atoms with E-state index in [9.17, 15) is 19.7 Å². The van der Waals surface area contributed by atoms with E-state index in [0.29, 0.717) is 12.2 Å². The van der Waals surface area contributed by atoms with Gasteiger partial charge in [0.05, 0.1) is 4.92 Å². The van der Waals surface area contributed by atoms with Gasteiger partial charge in [0.2, 0.25) is 0 Å². The van der Waals surface area contributed by atoms with Crippen LogP contribution < -0.4 is 5.32 Å². The van der Waals surface area contributed by atoms with Gasteiger partial charge in [-0.25, -0.2) is 0 Å². The lowest BCUT2D eigenvalue weighted by atomic mass is 9.86. The number of carbonyl (C=O) groups excluding carboxylic acids is 2. The third-order valence-electron chi connectivity index (χ3n) is 3.98. The predicted molar refractivity (Wildman–Crippen MR) is 77.4 cm³/mol. The van der Waals surface area contributed by atoms with Gasteiger partial charge >= 0.3 is 0 Å². The van der Waals surface area contributed by atoms with E-state index in [1.165, 1.54) is 18.6 Å². The quantitative estimate of drug-likeness (QED) is 0.524. The lowest BCUT2D eigenvalue weighted by molar-refractivity contribution is -0.384. The van der Waals surface area contributed by atoms with E-state index >= 15 is 0 Å². The molecule has 2 atom stereocenters. The molecule has 0 saturated heterocycles. The standard InChI is InChI=1S/C15H18N2O4/c1-10-4-2-3-5-14(10)16-15(19)12-6-11(9-18)7-13(8-12)17(20)21/h6-10,14H,2-5H2,1H3,(H,16,19). The third kappa shape index (κ3) is 3.65. The summed E-state index contributed by atoms with van der Waals surface area (Å²) in [5, 5.41) is 13.8. The van der Waals surface area contributed by atoms with Crippen molar-refractivity contribution in [3.8, 4) is 0 Å². The fraction of sp³-hybridized carbons (Fsp3) is 0.467. The van der Waals surface area contributed by atoms with Crippen molar-refractivity contribution in [1.82, 2.24) is 5.32 Å². The Morgan fingerprint density at radius 3 is 2.67 bits per heavy atom. The number of aldehydes is 1. The molecule has 1 saturated carbocycles. The molecule has 1 aromatic rings. The molecule has 0 aliphatic heterocycles. The summed E-state index contributed by atoms with van der Waals surface area (Å²) in [5.41, 5.74) is 0.0385. The summed E-state index contributed by atoms with van der Waals surface area (Å²) in [4.78, 5) is 33.3. The number of nitrogens with one attached hydrogen (secondary N) is 1. The molecule has 6 heteroatoms. The number of rotatable bonds is 4. The average molecular weight is 290 g/mol. The Hall–Kier alpha value is -2.24. The topological polar surface area (TPSA) is 89.3 Å². The number of amides is 1. The lowest BCUT2D eigenvalue weighted by Crippen LogP contribution is -2.41. The largest absolute Gasteiger partial charge is 0.349 e. The first-order valence-electron chi connectivity index (χ1n) is 7.07. The molecule has 0 spiro atoms. The molecule has 1 aliphatic carbocycles. The highest BCUT2D eigenvalue weighted by Gasteiger charge is 2.24. The van der Waals surface area contributed by atoms with E-state index in [4.69, 9.17) is 0 Å². The Balaban J connectivity index is 2.19. The van der Waals surface area contributed by atoms with Gasteiger partial charge < -0.3 is 5.32 Å². The molecule has 6 nitrogen and oxygen atoms in total. The first-order chi connectivity index (χ1) is 10.0. The molecular formula is C15H18N2O4. The Labute approximate surface area is 122 Å². The van der Waals surface area contributed by atoms with E-state index in [-0.39, 0.29) is 28.8 Å². The highest BCUT2D eigenvalue weighted by atomic mass is 16.6. The Bertz CT molecular complexity index is 571. The lowest BCUT2D eigenvalue weighted by Gasteiger charge is -2.29. The summed E-state index contributed by atoms with van der Waals surface area (Å²) in [6, 6.07) is 3.83. The molecule has 0 bridgehead atoms. The Morgan fingerprint density at radius 2 is 2.05 bits per heavy atom. The van der Waals surface area contributed by atoms with Gasteiger partial charge in [0.15, 0.2) is 0 Å². The number of benzene rings is 1. The van der Waals surface area contributed by atoms with Crippen LogP contribution in [0.25, 0.3) is 0 Å². The van der Waals surface area contributed by atoms with Crippen LogP contribution >= 0.6 is 0 Å². The summed E-state index contributed by atoms with van der Waals surface area (Å²) < 4.78 is 0. The van der Waals surface area contributed by atoms with Crippen molar-refractivity contribution in [3.63, 3.8) is 0 Å². The van der Waals surface area contributed by atoms with Gasteiger partial charge in [-0.3, -0.25) is 19.7 Å². The molecule has 1 aliphatic rings. The van der Waals surface area contributed by atoms with Crippen LogP contribution in [0.3, 0.4) is 0 Å². The maximum absolute atomic E-state index is 12.3. The van der Waals surface area contributed by atoms with Crippen LogP contribution in [0.4, 0.5) is 5.69 Å². The van der Waals surface area contributed by atoms with Crippen molar-refractivity contribution in [3.05, 3.63) is 39.4 Å². The number of hydrogen-bond acceptors (Lipinski definition) is 4. The first-order valence-corrected chi connectivity index (χ1v) is 7.07. The van der Waals surface area contributed by atoms with Crippen LogP contribution in [0.15, 0.2) is 18.2 Å². The second-order valence-electron chi connectivity index (χ2n) is 5.53. The fourth-order valence-corrected chi connectivity index (χ4v) is 2.72. The van der Waals surface area contributed by atoms with E-state index in [1.54, 1.807) is 0 Å². The third-order valence-corrected chi connectivity index (χ3v) is 3.98. The highest BCUT2D eigenvalue weighted by Crippen LogP contribution is 2.24. The monoisotopic (exact) mass is 290 g/mol. The van der Waals surface area contributed by atoms with E-state index in [0.717, 1.165) is 25.3 Å². The minimum Gasteiger partial charge on any atom is -0.349 e. The van der Waals surface area contributed by atoms with Gasteiger partial charge in [-0.1, -0.05) is 19.8 Å². The summed E-state index contributed by atoms with van der Waals surface area (Å²) in [6.07, 6.45) is 4.73. The highest BCUT2D eigenvalue weighted by molar-refractivity contribution is 5.96. The maximum Gasteiger partial charge on any atom is 0.270 e. The summed E-state index contributed by atoms with van der Waals surface area (Å²) in [5.74, 6) is 0.0347. The molecule has 21 heavy (non-hydrogen) atoms. The molecule has 0 heterocycles. The molecule has 1 amide bonds. The smallest absolute Gasteiger partial charge is 0.270 e. The number of non-ortho nitro benzene ring substituents is 1. The number of carbonyl (C=O) groups is 2. The van der Waals surface area contributed by atoms with E-state index in [2.05, 4.69) is 12.2 Å². The molecule has 2 rings (SSSR count). The second-order valence-corrected chi connectivity index (χ2v) is 5.53. The molecule has 0 aromatic heterocycles. The molecule has 0 radical (unpaired) electrons. The molecule has 1 aromatic carbocycles. The molecule has 112 valence electrons. The molecule has 1 N–H and O–H groups in total. The fourth-order valence-electron chi connectivity index (χ4n) is 2.72. The molecule has 2 unspecified atom stereocenters. The average Bonchev–Trinajstić information content (AvgIpc) is 2.49. The zero-order valence-electron chi connectivity index (χ0n) is 11.9. The summed E-state index contributed by atoms with van der Waals surface area (Å²) in [6.45, 7) is 2.09. The maximum atomic E-state index is 12.3. The van der Waals surface area contributed by atoms with Crippen molar-refractivity contribution in [2.45, 2.75) is 38.6 Å². The van der Waals surface area contributed by atoms with E-state index in [1.807, 2.05) is 0 Å². The van der Waals surface area contributed by atoms with E-state index < -0.39 is 4.92 Å². The second kappa shape index (κ2) is 6.47. The zero-order chi connectivity index (χ0) is 15.4. The van der Waals surface area contributed by atoms with Crippen LogP contribution in [0.1, 0.15) is 53.3 Å². The summed E-state index contributed by atoms with van der Waals surface area (Å²) >= 11 is 0. The first kappa shape index (κ1) is 15.2. The van der Waals surface area contributed by atoms with Gasteiger partial charge in [0.1, 0.15) is 6.29 Å². The SMILES string of the molecule is CC1CCCCC1NC(=O)c1cc(C=O)cc([N+](=O)[O-])c1. The Morgan fingerprint density at radius 1 is 1.33 bits per heavy atom. The van der Waals surface area contributed by atoms with Gasteiger partial charge in [0, 0.05) is 29.3 Å². The van der Waals surface area contributed by atoms with Gasteiger partial charge in [0.25, 0.3) is 11.6 Å². The molecular weight excluding hydrogens is 272 g/mol. The zero-order valence-corrected chi connectivity index (χ0v) is 11.9. The van der Waals surface area contributed by atoms with Crippen LogP contribution in [-0.4, -0.2) is 23.2 Å². The van der Waals surface area contributed by atoms with Crippen LogP contribution in [-0.2, 0) is 0 Å². The van der Waals surface area contributed by atoms with Crippen LogP contribution in [0.5, 0.6) is 0 Å².